The Kier molecular flexibility index (Phi) is 2.74. The van der Waals surface area contributed by atoms with Gasteiger partial charge >= 0.3 is 0 Å². The molecular formula is C15H13N. The minimum absolute atomic E-state index is 0.717. The summed E-state index contributed by atoms with van der Waals surface area (Å²) in [5, 5.41) is 8.82. The first-order valence-corrected chi connectivity index (χ1v) is 5.28. The van der Waals surface area contributed by atoms with Crippen molar-refractivity contribution in [2.24, 2.45) is 0 Å². The van der Waals surface area contributed by atoms with E-state index in [-0.39, 0.29) is 0 Å². The van der Waals surface area contributed by atoms with Gasteiger partial charge in [0, 0.05) is 0 Å². The van der Waals surface area contributed by atoms with E-state index in [2.05, 4.69) is 37.3 Å². The first-order chi connectivity index (χ1) is 7.70. The van der Waals surface area contributed by atoms with E-state index in [9.17, 15) is 0 Å². The van der Waals surface area contributed by atoms with Crippen LogP contribution in [0.4, 0.5) is 0 Å². The summed E-state index contributed by atoms with van der Waals surface area (Å²) in [5.41, 5.74) is 5.52. The molecule has 0 saturated carbocycles. The summed E-state index contributed by atoms with van der Waals surface area (Å²) in [6.45, 7) is 4.13. The largest absolute Gasteiger partial charge is 0.192 e. The van der Waals surface area contributed by atoms with Crippen LogP contribution in [0.3, 0.4) is 0 Å². The molecule has 0 aliphatic heterocycles. The molecule has 0 aliphatic rings. The highest BCUT2D eigenvalue weighted by Crippen LogP contribution is 2.24. The predicted molar refractivity (Wildman–Crippen MR) is 66.1 cm³/mol. The van der Waals surface area contributed by atoms with Crippen LogP contribution in [0.1, 0.15) is 16.7 Å². The molecule has 2 aromatic carbocycles. The third-order valence-corrected chi connectivity index (χ3v) is 2.68. The highest BCUT2D eigenvalue weighted by Gasteiger charge is 2.02. The van der Waals surface area contributed by atoms with Crippen molar-refractivity contribution in [2.75, 3.05) is 0 Å². The Bertz CT molecular complexity index is 562. The molecule has 0 aromatic heterocycles. The Labute approximate surface area is 96.0 Å². The zero-order valence-electron chi connectivity index (χ0n) is 9.49. The Balaban J connectivity index is 2.53. The molecule has 2 aromatic rings. The molecule has 0 atom stereocenters. The molecule has 0 N–H and O–H groups in total. The van der Waals surface area contributed by atoms with Crippen LogP contribution < -0.4 is 0 Å². The fraction of sp³-hybridized carbons (Fsp3) is 0.133. The van der Waals surface area contributed by atoms with Crippen molar-refractivity contribution in [3.05, 3.63) is 59.2 Å². The molecule has 0 heterocycles. The summed E-state index contributed by atoms with van der Waals surface area (Å²) in [4.78, 5) is 0. The molecule has 1 heteroatoms. The first-order valence-electron chi connectivity index (χ1n) is 5.28. The van der Waals surface area contributed by atoms with Gasteiger partial charge in [0.05, 0.1) is 11.6 Å². The average molecular weight is 207 g/mol. The minimum Gasteiger partial charge on any atom is -0.192 e. The van der Waals surface area contributed by atoms with Gasteiger partial charge in [-0.1, -0.05) is 35.9 Å². The molecule has 0 unspecified atom stereocenters. The van der Waals surface area contributed by atoms with Gasteiger partial charge in [-0.25, -0.2) is 0 Å². The number of benzene rings is 2. The molecular weight excluding hydrogens is 194 g/mol. The van der Waals surface area contributed by atoms with Gasteiger partial charge in [-0.05, 0) is 42.7 Å². The monoisotopic (exact) mass is 207 g/mol. The number of nitriles is 1. The van der Waals surface area contributed by atoms with Gasteiger partial charge in [0.1, 0.15) is 0 Å². The van der Waals surface area contributed by atoms with E-state index in [1.807, 2.05) is 25.1 Å². The van der Waals surface area contributed by atoms with E-state index in [0.717, 1.165) is 5.56 Å². The van der Waals surface area contributed by atoms with E-state index in [1.54, 1.807) is 0 Å². The van der Waals surface area contributed by atoms with E-state index in [4.69, 9.17) is 5.26 Å². The third kappa shape index (κ3) is 1.97. The Morgan fingerprint density at radius 3 is 2.44 bits per heavy atom. The van der Waals surface area contributed by atoms with Crippen LogP contribution in [0.5, 0.6) is 0 Å². The molecule has 0 spiro atoms. The lowest BCUT2D eigenvalue weighted by Gasteiger charge is -2.07. The summed E-state index contributed by atoms with van der Waals surface area (Å²) in [5.74, 6) is 0. The summed E-state index contributed by atoms with van der Waals surface area (Å²) >= 11 is 0. The zero-order valence-corrected chi connectivity index (χ0v) is 9.49. The van der Waals surface area contributed by atoms with Crippen LogP contribution >= 0.6 is 0 Å². The van der Waals surface area contributed by atoms with E-state index >= 15 is 0 Å². The lowest BCUT2D eigenvalue weighted by atomic mass is 9.98. The lowest BCUT2D eigenvalue weighted by molar-refractivity contribution is 1.40. The zero-order chi connectivity index (χ0) is 11.5. The smallest absolute Gasteiger partial charge is 0.0991 e. The number of rotatable bonds is 1. The quantitative estimate of drug-likeness (QED) is 0.697. The van der Waals surface area contributed by atoms with E-state index in [1.165, 1.54) is 16.7 Å². The second-order valence-corrected chi connectivity index (χ2v) is 4.01. The standard InChI is InChI=1S/C15H13N/c1-11-4-3-5-14(8-11)15-7-6-13(10-16)9-12(15)2/h3-9H,1-2H3. The van der Waals surface area contributed by atoms with Gasteiger partial charge in [0.2, 0.25) is 0 Å². The maximum absolute atomic E-state index is 8.82. The minimum atomic E-state index is 0.717. The van der Waals surface area contributed by atoms with Gasteiger partial charge < -0.3 is 0 Å². The van der Waals surface area contributed by atoms with Crippen molar-refractivity contribution >= 4 is 0 Å². The van der Waals surface area contributed by atoms with Crippen LogP contribution in [0.15, 0.2) is 42.5 Å². The molecule has 0 radical (unpaired) electrons. The molecule has 2 rings (SSSR count). The number of aryl methyl sites for hydroxylation is 2. The second kappa shape index (κ2) is 4.20. The van der Waals surface area contributed by atoms with Crippen LogP contribution in [0.25, 0.3) is 11.1 Å². The fourth-order valence-electron chi connectivity index (χ4n) is 1.87. The van der Waals surface area contributed by atoms with Crippen LogP contribution in [-0.4, -0.2) is 0 Å². The van der Waals surface area contributed by atoms with Crippen molar-refractivity contribution < 1.29 is 0 Å². The van der Waals surface area contributed by atoms with Crippen molar-refractivity contribution in [1.29, 1.82) is 5.26 Å². The SMILES string of the molecule is Cc1cccc(-c2ccc(C#N)cc2C)c1. The topological polar surface area (TPSA) is 23.8 Å². The molecule has 1 nitrogen and oxygen atoms in total. The van der Waals surface area contributed by atoms with Crippen molar-refractivity contribution in [2.45, 2.75) is 13.8 Å². The molecule has 0 bridgehead atoms. The molecule has 78 valence electrons. The first kappa shape index (κ1) is 10.4. The van der Waals surface area contributed by atoms with Crippen LogP contribution in [0, 0.1) is 25.2 Å². The number of hydrogen-bond donors (Lipinski definition) is 0. The molecule has 16 heavy (non-hydrogen) atoms. The van der Waals surface area contributed by atoms with Crippen molar-refractivity contribution in [3.8, 4) is 17.2 Å². The van der Waals surface area contributed by atoms with Gasteiger partial charge in [-0.3, -0.25) is 0 Å². The van der Waals surface area contributed by atoms with Crippen LogP contribution in [0.2, 0.25) is 0 Å². The summed E-state index contributed by atoms with van der Waals surface area (Å²) < 4.78 is 0. The van der Waals surface area contributed by atoms with Gasteiger partial charge in [-0.15, -0.1) is 0 Å². The Morgan fingerprint density at radius 1 is 1.00 bits per heavy atom. The maximum atomic E-state index is 8.82. The fourth-order valence-corrected chi connectivity index (χ4v) is 1.87. The van der Waals surface area contributed by atoms with E-state index in [0.29, 0.717) is 5.56 Å². The summed E-state index contributed by atoms with van der Waals surface area (Å²) in [7, 11) is 0. The highest BCUT2D eigenvalue weighted by atomic mass is 14.2. The number of hydrogen-bond acceptors (Lipinski definition) is 1. The average Bonchev–Trinajstić information content (AvgIpc) is 2.28. The van der Waals surface area contributed by atoms with Crippen molar-refractivity contribution in [1.82, 2.24) is 0 Å². The second-order valence-electron chi connectivity index (χ2n) is 4.01. The Morgan fingerprint density at radius 2 is 1.81 bits per heavy atom. The molecule has 0 aliphatic carbocycles. The van der Waals surface area contributed by atoms with E-state index < -0.39 is 0 Å². The lowest BCUT2D eigenvalue weighted by Crippen LogP contribution is -1.85. The third-order valence-electron chi connectivity index (χ3n) is 2.68. The van der Waals surface area contributed by atoms with Gasteiger partial charge in [0.15, 0.2) is 0 Å². The Hall–Kier alpha value is -2.07. The molecule has 0 fully saturated rings. The van der Waals surface area contributed by atoms with Gasteiger partial charge in [0.25, 0.3) is 0 Å². The van der Waals surface area contributed by atoms with Crippen LogP contribution in [-0.2, 0) is 0 Å². The summed E-state index contributed by atoms with van der Waals surface area (Å²) in [6.07, 6.45) is 0. The number of nitrogens with zero attached hydrogens (tertiary/aromatic N) is 1. The normalized spacial score (nSPS) is 9.81. The maximum Gasteiger partial charge on any atom is 0.0991 e. The molecule has 0 saturated heterocycles. The van der Waals surface area contributed by atoms with Gasteiger partial charge in [-0.2, -0.15) is 5.26 Å². The summed E-state index contributed by atoms with van der Waals surface area (Å²) in [6, 6.07) is 16.4. The highest BCUT2D eigenvalue weighted by molar-refractivity contribution is 5.68. The predicted octanol–water partition coefficient (Wildman–Crippen LogP) is 3.84. The molecule has 0 amide bonds. The van der Waals surface area contributed by atoms with Crippen molar-refractivity contribution in [3.63, 3.8) is 0 Å².